The van der Waals surface area contributed by atoms with Crippen molar-refractivity contribution in [3.8, 4) is 0 Å². The van der Waals surface area contributed by atoms with Crippen LogP contribution in [0.1, 0.15) is 32.3 Å². The Morgan fingerprint density at radius 3 is 2.12 bits per heavy atom. The van der Waals surface area contributed by atoms with Gasteiger partial charge in [0, 0.05) is 25.2 Å². The Bertz CT molecular complexity index is 1380. The molecule has 0 heterocycles. The van der Waals surface area contributed by atoms with Crippen molar-refractivity contribution >= 4 is 33.2 Å². The fraction of sp³-hybridized carbons (Fsp3) is 0.310. The van der Waals surface area contributed by atoms with Crippen molar-refractivity contribution in [1.29, 1.82) is 0 Å². The molecular weight excluding hydrogens is 532 g/mol. The zero-order valence-electron chi connectivity index (χ0n) is 22.6. The molecular formula is C29H34N4O6S. The number of benzene rings is 3. The third-order valence-electron chi connectivity index (χ3n) is 6.44. The third kappa shape index (κ3) is 7.89. The number of hydrogen-bond acceptors (Lipinski definition) is 6. The molecule has 0 bridgehead atoms. The summed E-state index contributed by atoms with van der Waals surface area (Å²) in [6.45, 7) is 3.68. The first-order valence-corrected chi connectivity index (χ1v) is 14.5. The summed E-state index contributed by atoms with van der Waals surface area (Å²) < 4.78 is 28.3. The van der Waals surface area contributed by atoms with Gasteiger partial charge in [-0.2, -0.15) is 0 Å². The van der Waals surface area contributed by atoms with E-state index in [1.807, 2.05) is 37.3 Å². The van der Waals surface area contributed by atoms with Gasteiger partial charge in [0.15, 0.2) is 0 Å². The Morgan fingerprint density at radius 1 is 0.950 bits per heavy atom. The molecule has 0 fully saturated rings. The molecule has 0 saturated heterocycles. The summed E-state index contributed by atoms with van der Waals surface area (Å²) in [5, 5.41) is 14.0. The number of sulfonamides is 1. The molecule has 0 aromatic heterocycles. The number of unbranched alkanes of at least 4 members (excludes halogenated alkanes) is 1. The standard InChI is InChI=1S/C29H34N4O6S/c1-3-4-20-30-29(35)23(2)31(21-19-24-11-7-5-8-12-24)28(34)22-32(25-15-17-26(18-16-25)33(36)37)40(38,39)27-13-9-6-10-14-27/h5-18,23H,3-4,19-22H2,1-2H3,(H,30,35). The van der Waals surface area contributed by atoms with Crippen molar-refractivity contribution in [2.75, 3.05) is 23.9 Å². The average Bonchev–Trinajstić information content (AvgIpc) is 2.97. The lowest BCUT2D eigenvalue weighted by Gasteiger charge is -2.32. The number of nitro groups is 1. The Labute approximate surface area is 234 Å². The first-order chi connectivity index (χ1) is 19.1. The number of nitro benzene ring substituents is 1. The van der Waals surface area contributed by atoms with E-state index in [0.29, 0.717) is 13.0 Å². The second kappa shape index (κ2) is 14.2. The van der Waals surface area contributed by atoms with E-state index >= 15 is 0 Å². The lowest BCUT2D eigenvalue weighted by atomic mass is 10.1. The maximum absolute atomic E-state index is 13.8. The van der Waals surface area contributed by atoms with Crippen LogP contribution in [0.15, 0.2) is 89.8 Å². The summed E-state index contributed by atoms with van der Waals surface area (Å²) in [5.41, 5.74) is 0.836. The lowest BCUT2D eigenvalue weighted by Crippen LogP contribution is -2.52. The summed E-state index contributed by atoms with van der Waals surface area (Å²) in [6.07, 6.45) is 2.15. The van der Waals surface area contributed by atoms with Crippen LogP contribution in [0.5, 0.6) is 0 Å². The monoisotopic (exact) mass is 566 g/mol. The predicted molar refractivity (Wildman–Crippen MR) is 153 cm³/mol. The SMILES string of the molecule is CCCCNC(=O)C(C)N(CCc1ccccc1)C(=O)CN(c1ccc([N+](=O)[O-])cc1)S(=O)(=O)c1ccccc1. The van der Waals surface area contributed by atoms with Gasteiger partial charge in [-0.3, -0.25) is 24.0 Å². The van der Waals surface area contributed by atoms with Crippen molar-refractivity contribution in [2.24, 2.45) is 0 Å². The number of carbonyl (C=O) groups excluding carboxylic acids is 2. The van der Waals surface area contributed by atoms with Crippen LogP contribution in [0.2, 0.25) is 0 Å². The van der Waals surface area contributed by atoms with Crippen LogP contribution >= 0.6 is 0 Å². The molecule has 0 radical (unpaired) electrons. The van der Waals surface area contributed by atoms with Crippen LogP contribution in [0, 0.1) is 10.1 Å². The minimum atomic E-state index is -4.23. The van der Waals surface area contributed by atoms with E-state index < -0.39 is 33.4 Å². The van der Waals surface area contributed by atoms with Gasteiger partial charge in [0.05, 0.1) is 15.5 Å². The molecule has 1 atom stereocenters. The van der Waals surface area contributed by atoms with Crippen molar-refractivity contribution in [3.05, 3.63) is 101 Å². The van der Waals surface area contributed by atoms with Gasteiger partial charge in [0.2, 0.25) is 11.8 Å². The zero-order valence-corrected chi connectivity index (χ0v) is 23.4. The molecule has 2 amide bonds. The van der Waals surface area contributed by atoms with E-state index in [-0.39, 0.29) is 28.7 Å². The molecule has 3 aromatic rings. The number of carbonyl (C=O) groups is 2. The van der Waals surface area contributed by atoms with Crippen molar-refractivity contribution in [1.82, 2.24) is 10.2 Å². The molecule has 1 unspecified atom stereocenters. The third-order valence-corrected chi connectivity index (χ3v) is 8.23. The van der Waals surface area contributed by atoms with Crippen LogP contribution in [0.3, 0.4) is 0 Å². The highest BCUT2D eigenvalue weighted by atomic mass is 32.2. The molecule has 212 valence electrons. The second-order valence-corrected chi connectivity index (χ2v) is 11.1. The van der Waals surface area contributed by atoms with E-state index in [4.69, 9.17) is 0 Å². The fourth-order valence-electron chi connectivity index (χ4n) is 4.10. The summed E-state index contributed by atoms with van der Waals surface area (Å²) in [4.78, 5) is 38.7. The highest BCUT2D eigenvalue weighted by Gasteiger charge is 2.32. The molecule has 3 aromatic carbocycles. The van der Waals surface area contributed by atoms with E-state index in [9.17, 15) is 28.1 Å². The van der Waals surface area contributed by atoms with Gasteiger partial charge in [-0.25, -0.2) is 8.42 Å². The smallest absolute Gasteiger partial charge is 0.269 e. The van der Waals surface area contributed by atoms with E-state index in [2.05, 4.69) is 5.32 Å². The summed E-state index contributed by atoms with van der Waals surface area (Å²) in [6, 6.07) is 21.2. The van der Waals surface area contributed by atoms with Gasteiger partial charge in [-0.1, -0.05) is 61.9 Å². The Kier molecular flexibility index (Phi) is 10.8. The number of non-ortho nitro benzene ring substituents is 1. The first kappa shape index (κ1) is 30.3. The topological polar surface area (TPSA) is 130 Å². The predicted octanol–water partition coefficient (Wildman–Crippen LogP) is 4.17. The molecule has 0 spiro atoms. The minimum absolute atomic E-state index is 0.0395. The minimum Gasteiger partial charge on any atom is -0.354 e. The molecule has 40 heavy (non-hydrogen) atoms. The second-order valence-electron chi connectivity index (χ2n) is 9.24. The van der Waals surface area contributed by atoms with Crippen LogP contribution in [-0.2, 0) is 26.0 Å². The highest BCUT2D eigenvalue weighted by molar-refractivity contribution is 7.92. The van der Waals surface area contributed by atoms with E-state index in [1.54, 1.807) is 25.1 Å². The first-order valence-electron chi connectivity index (χ1n) is 13.1. The van der Waals surface area contributed by atoms with Crippen molar-refractivity contribution in [3.63, 3.8) is 0 Å². The van der Waals surface area contributed by atoms with E-state index in [1.165, 1.54) is 41.3 Å². The molecule has 0 aliphatic rings. The van der Waals surface area contributed by atoms with Crippen LogP contribution in [0.25, 0.3) is 0 Å². The van der Waals surface area contributed by atoms with Gasteiger partial charge in [-0.05, 0) is 49.6 Å². The fourth-order valence-corrected chi connectivity index (χ4v) is 5.53. The largest absolute Gasteiger partial charge is 0.354 e. The average molecular weight is 567 g/mol. The van der Waals surface area contributed by atoms with Crippen LogP contribution in [-0.4, -0.2) is 55.7 Å². The van der Waals surface area contributed by atoms with Gasteiger partial charge in [-0.15, -0.1) is 0 Å². The lowest BCUT2D eigenvalue weighted by molar-refractivity contribution is -0.384. The van der Waals surface area contributed by atoms with Crippen molar-refractivity contribution in [2.45, 2.75) is 44.0 Å². The van der Waals surface area contributed by atoms with Gasteiger partial charge >= 0.3 is 0 Å². The normalized spacial score (nSPS) is 11.8. The van der Waals surface area contributed by atoms with Crippen molar-refractivity contribution < 1.29 is 22.9 Å². The quantitative estimate of drug-likeness (QED) is 0.177. The molecule has 11 heteroatoms. The number of rotatable bonds is 14. The van der Waals surface area contributed by atoms with Crippen LogP contribution in [0.4, 0.5) is 11.4 Å². The molecule has 0 aliphatic carbocycles. The molecule has 0 saturated carbocycles. The maximum Gasteiger partial charge on any atom is 0.269 e. The summed E-state index contributed by atoms with van der Waals surface area (Å²) in [5.74, 6) is -0.908. The van der Waals surface area contributed by atoms with Gasteiger partial charge in [0.1, 0.15) is 12.6 Å². The maximum atomic E-state index is 13.8. The Hall–Kier alpha value is -4.25. The molecule has 3 rings (SSSR count). The number of nitrogens with zero attached hydrogens (tertiary/aromatic N) is 3. The van der Waals surface area contributed by atoms with Gasteiger partial charge in [0.25, 0.3) is 15.7 Å². The molecule has 1 N–H and O–H groups in total. The highest BCUT2D eigenvalue weighted by Crippen LogP contribution is 2.26. The van der Waals surface area contributed by atoms with E-state index in [0.717, 1.165) is 22.7 Å². The Morgan fingerprint density at radius 2 is 1.55 bits per heavy atom. The molecule has 0 aliphatic heterocycles. The number of anilines is 1. The van der Waals surface area contributed by atoms with Gasteiger partial charge < -0.3 is 10.2 Å². The molecule has 10 nitrogen and oxygen atoms in total. The summed E-state index contributed by atoms with van der Waals surface area (Å²) >= 11 is 0. The number of hydrogen-bond donors (Lipinski definition) is 1. The number of nitrogens with one attached hydrogen (secondary N) is 1. The zero-order chi connectivity index (χ0) is 29.1. The Balaban J connectivity index is 1.95. The number of amides is 2. The summed E-state index contributed by atoms with van der Waals surface area (Å²) in [7, 11) is -4.23. The van der Waals surface area contributed by atoms with Crippen LogP contribution < -0.4 is 9.62 Å².